The molecule has 0 bridgehead atoms. The van der Waals surface area contributed by atoms with Gasteiger partial charge in [-0.3, -0.25) is 10.1 Å². The number of anilines is 1. The number of amides is 1. The van der Waals surface area contributed by atoms with Crippen LogP contribution in [0.3, 0.4) is 0 Å². The average Bonchev–Trinajstić information content (AvgIpc) is 3.24. The highest BCUT2D eigenvalue weighted by Crippen LogP contribution is 2.24. The monoisotopic (exact) mass is 351 g/mol. The predicted molar refractivity (Wildman–Crippen MR) is 89.3 cm³/mol. The first-order valence-electron chi connectivity index (χ1n) is 7.23. The number of carbonyl (C=O) groups excluding carboxylic acids is 1. The minimum absolute atomic E-state index is 0.0266. The molecule has 2 N–H and O–H groups in total. The lowest BCUT2D eigenvalue weighted by molar-refractivity contribution is 0.102. The summed E-state index contributed by atoms with van der Waals surface area (Å²) in [6.07, 6.45) is 1.73. The van der Waals surface area contributed by atoms with Crippen molar-refractivity contribution in [2.75, 3.05) is 5.32 Å². The van der Waals surface area contributed by atoms with Gasteiger partial charge in [-0.25, -0.2) is 18.1 Å². The van der Waals surface area contributed by atoms with E-state index < -0.39 is 10.0 Å². The first kappa shape index (κ1) is 16.1. The van der Waals surface area contributed by atoms with Crippen molar-refractivity contribution in [2.45, 2.75) is 37.6 Å². The minimum atomic E-state index is -3.57. The summed E-state index contributed by atoms with van der Waals surface area (Å²) in [6, 6.07) is 6.04. The van der Waals surface area contributed by atoms with Crippen molar-refractivity contribution in [3.63, 3.8) is 0 Å². The van der Waals surface area contributed by atoms with E-state index in [1.807, 2.05) is 13.8 Å². The van der Waals surface area contributed by atoms with Crippen LogP contribution in [-0.4, -0.2) is 25.4 Å². The normalized spacial score (nSPS) is 14.7. The molecule has 0 saturated heterocycles. The van der Waals surface area contributed by atoms with Crippen LogP contribution in [0.5, 0.6) is 0 Å². The van der Waals surface area contributed by atoms with E-state index in [2.05, 4.69) is 15.0 Å². The number of thiazole rings is 1. The van der Waals surface area contributed by atoms with Crippen molar-refractivity contribution in [1.82, 2.24) is 9.71 Å². The second-order valence-electron chi connectivity index (χ2n) is 5.54. The first-order chi connectivity index (χ1) is 10.8. The van der Waals surface area contributed by atoms with Crippen LogP contribution in [0.2, 0.25) is 0 Å². The fourth-order valence-corrected chi connectivity index (χ4v) is 4.15. The van der Waals surface area contributed by atoms with Gasteiger partial charge in [-0.05, 0) is 44.9 Å². The summed E-state index contributed by atoms with van der Waals surface area (Å²) in [5.74, 6) is -0.373. The van der Waals surface area contributed by atoms with Gasteiger partial charge in [0.25, 0.3) is 5.91 Å². The molecule has 0 atom stereocenters. The molecule has 0 unspecified atom stereocenters. The van der Waals surface area contributed by atoms with Gasteiger partial charge in [0, 0.05) is 16.5 Å². The number of nitrogens with zero attached hydrogens (tertiary/aromatic N) is 1. The topological polar surface area (TPSA) is 88.2 Å². The van der Waals surface area contributed by atoms with Crippen LogP contribution in [0, 0.1) is 13.8 Å². The van der Waals surface area contributed by atoms with Crippen LogP contribution in [0.1, 0.15) is 33.8 Å². The maximum atomic E-state index is 12.3. The zero-order chi connectivity index (χ0) is 16.6. The highest BCUT2D eigenvalue weighted by Gasteiger charge is 2.28. The third-order valence-corrected chi connectivity index (χ3v) is 6.06. The molecule has 0 aliphatic heterocycles. The molecule has 1 amide bonds. The van der Waals surface area contributed by atoms with Crippen molar-refractivity contribution in [1.29, 1.82) is 0 Å². The summed E-state index contributed by atoms with van der Waals surface area (Å²) in [5, 5.41) is 3.21. The second kappa shape index (κ2) is 6.03. The molecule has 122 valence electrons. The maximum Gasteiger partial charge on any atom is 0.257 e. The number of nitrogens with one attached hydrogen (secondary N) is 2. The molecule has 1 heterocycles. The molecule has 0 radical (unpaired) electrons. The quantitative estimate of drug-likeness (QED) is 0.866. The standard InChI is InChI=1S/C15H17N3O3S2/c1-9-10(2)22-15(16-9)17-14(19)11-4-3-5-13(8-11)23(20,21)18-12-6-7-12/h3-5,8,12,18H,6-7H2,1-2H3,(H,16,17,19). The summed E-state index contributed by atoms with van der Waals surface area (Å²) in [4.78, 5) is 17.7. The molecule has 2 aromatic rings. The van der Waals surface area contributed by atoms with Crippen LogP contribution in [0.25, 0.3) is 0 Å². The Labute approximate surface area is 139 Å². The maximum absolute atomic E-state index is 12.3. The number of hydrogen-bond acceptors (Lipinski definition) is 5. The van der Waals surface area contributed by atoms with Gasteiger partial charge in [0.15, 0.2) is 5.13 Å². The van der Waals surface area contributed by atoms with Gasteiger partial charge < -0.3 is 0 Å². The van der Waals surface area contributed by atoms with E-state index in [0.29, 0.717) is 5.13 Å². The zero-order valence-corrected chi connectivity index (χ0v) is 14.4. The van der Waals surface area contributed by atoms with Crippen molar-refractivity contribution in [2.24, 2.45) is 0 Å². The lowest BCUT2D eigenvalue weighted by atomic mass is 10.2. The van der Waals surface area contributed by atoms with E-state index in [9.17, 15) is 13.2 Å². The molecule has 1 aromatic heterocycles. The summed E-state index contributed by atoms with van der Waals surface area (Å²) in [5.41, 5.74) is 1.16. The molecular formula is C15H17N3O3S2. The number of rotatable bonds is 5. The van der Waals surface area contributed by atoms with Gasteiger partial charge in [-0.1, -0.05) is 6.07 Å². The molecule has 23 heavy (non-hydrogen) atoms. The van der Waals surface area contributed by atoms with Crippen LogP contribution >= 0.6 is 11.3 Å². The molecule has 3 rings (SSSR count). The third kappa shape index (κ3) is 3.77. The van der Waals surface area contributed by atoms with Gasteiger partial charge in [-0.15, -0.1) is 11.3 Å². The average molecular weight is 351 g/mol. The van der Waals surface area contributed by atoms with Crippen LogP contribution < -0.4 is 10.0 Å². The molecular weight excluding hydrogens is 334 g/mol. The summed E-state index contributed by atoms with van der Waals surface area (Å²) in [7, 11) is -3.57. The summed E-state index contributed by atoms with van der Waals surface area (Å²) in [6.45, 7) is 3.80. The molecule has 1 aliphatic rings. The molecule has 1 aliphatic carbocycles. The van der Waals surface area contributed by atoms with Gasteiger partial charge in [0.05, 0.1) is 10.6 Å². The number of sulfonamides is 1. The Morgan fingerprint density at radius 3 is 2.65 bits per heavy atom. The van der Waals surface area contributed by atoms with Crippen LogP contribution in [-0.2, 0) is 10.0 Å². The highest BCUT2D eigenvalue weighted by atomic mass is 32.2. The Bertz CT molecular complexity index is 835. The van der Waals surface area contributed by atoms with E-state index in [0.717, 1.165) is 23.4 Å². The van der Waals surface area contributed by atoms with Gasteiger partial charge in [0.1, 0.15) is 0 Å². The van der Waals surface area contributed by atoms with Crippen molar-refractivity contribution >= 4 is 32.4 Å². The lowest BCUT2D eigenvalue weighted by Gasteiger charge is -2.07. The van der Waals surface area contributed by atoms with Gasteiger partial charge in [-0.2, -0.15) is 0 Å². The SMILES string of the molecule is Cc1nc(NC(=O)c2cccc(S(=O)(=O)NC3CC3)c2)sc1C. The van der Waals surface area contributed by atoms with Gasteiger partial charge >= 0.3 is 0 Å². The summed E-state index contributed by atoms with van der Waals surface area (Å²) < 4.78 is 27.0. The molecule has 6 nitrogen and oxygen atoms in total. The van der Waals surface area contributed by atoms with E-state index in [1.165, 1.54) is 23.5 Å². The Morgan fingerprint density at radius 2 is 2.04 bits per heavy atom. The minimum Gasteiger partial charge on any atom is -0.298 e. The Morgan fingerprint density at radius 1 is 1.30 bits per heavy atom. The number of benzene rings is 1. The fraction of sp³-hybridized carbons (Fsp3) is 0.333. The van der Waals surface area contributed by atoms with E-state index >= 15 is 0 Å². The molecule has 1 aromatic carbocycles. The third-order valence-electron chi connectivity index (χ3n) is 3.55. The first-order valence-corrected chi connectivity index (χ1v) is 9.53. The second-order valence-corrected chi connectivity index (χ2v) is 8.46. The number of aryl methyl sites for hydroxylation is 2. The summed E-state index contributed by atoms with van der Waals surface area (Å²) >= 11 is 1.39. The predicted octanol–water partition coefficient (Wildman–Crippen LogP) is 2.45. The Hall–Kier alpha value is -1.77. The van der Waals surface area contributed by atoms with E-state index in [1.54, 1.807) is 12.1 Å². The fourth-order valence-electron chi connectivity index (χ4n) is 1.99. The van der Waals surface area contributed by atoms with Crippen molar-refractivity contribution in [3.8, 4) is 0 Å². The van der Waals surface area contributed by atoms with E-state index in [-0.39, 0.29) is 22.4 Å². The molecule has 1 saturated carbocycles. The Balaban J connectivity index is 1.79. The highest BCUT2D eigenvalue weighted by molar-refractivity contribution is 7.89. The smallest absolute Gasteiger partial charge is 0.257 e. The zero-order valence-electron chi connectivity index (χ0n) is 12.8. The number of hydrogen-bond donors (Lipinski definition) is 2. The van der Waals surface area contributed by atoms with Gasteiger partial charge in [0.2, 0.25) is 10.0 Å². The largest absolute Gasteiger partial charge is 0.298 e. The van der Waals surface area contributed by atoms with Crippen molar-refractivity contribution < 1.29 is 13.2 Å². The molecule has 1 fully saturated rings. The molecule has 0 spiro atoms. The van der Waals surface area contributed by atoms with Crippen LogP contribution in [0.15, 0.2) is 29.2 Å². The lowest BCUT2D eigenvalue weighted by Crippen LogP contribution is -2.26. The van der Waals surface area contributed by atoms with Crippen LogP contribution in [0.4, 0.5) is 5.13 Å². The Kier molecular flexibility index (Phi) is 4.22. The van der Waals surface area contributed by atoms with E-state index in [4.69, 9.17) is 0 Å². The van der Waals surface area contributed by atoms with Crippen molar-refractivity contribution in [3.05, 3.63) is 40.4 Å². The molecule has 8 heteroatoms. The number of carbonyl (C=O) groups is 1. The number of aromatic nitrogens is 1.